The normalized spacial score (nSPS) is 14.9. The minimum absolute atomic E-state index is 0.00523. The summed E-state index contributed by atoms with van der Waals surface area (Å²) in [6.07, 6.45) is 10.1. The van der Waals surface area contributed by atoms with Crippen LogP contribution in [0.1, 0.15) is 31.7 Å². The average molecular weight is 503 g/mol. The molecule has 10 heteroatoms. The molecule has 0 unspecified atom stereocenters. The number of sulfone groups is 1. The van der Waals surface area contributed by atoms with Gasteiger partial charge in [-0.05, 0) is 36.2 Å². The van der Waals surface area contributed by atoms with Gasteiger partial charge in [0.25, 0.3) is 5.56 Å². The molecule has 0 bridgehead atoms. The van der Waals surface area contributed by atoms with Crippen molar-refractivity contribution < 1.29 is 13.2 Å². The summed E-state index contributed by atoms with van der Waals surface area (Å²) in [6, 6.07) is 7.57. The highest BCUT2D eigenvalue weighted by atomic mass is 35.5. The highest BCUT2D eigenvalue weighted by molar-refractivity contribution is 7.90. The molecule has 4 rings (SSSR count). The van der Waals surface area contributed by atoms with E-state index in [-0.39, 0.29) is 21.6 Å². The number of pyridine rings is 1. The lowest BCUT2D eigenvalue weighted by molar-refractivity contribution is 0.170. The fourth-order valence-electron chi connectivity index (χ4n) is 3.98. The lowest BCUT2D eigenvalue weighted by Gasteiger charge is -2.32. The van der Waals surface area contributed by atoms with Gasteiger partial charge in [0.1, 0.15) is 11.9 Å². The van der Waals surface area contributed by atoms with Crippen molar-refractivity contribution in [3.8, 4) is 11.4 Å². The Morgan fingerprint density at radius 2 is 1.82 bits per heavy atom. The number of halogens is 1. The third-order valence-corrected chi connectivity index (χ3v) is 7.32. The summed E-state index contributed by atoms with van der Waals surface area (Å²) in [5, 5.41) is 0.0722. The molecular weight excluding hydrogens is 476 g/mol. The topological polar surface area (TPSA) is 94.4 Å². The molecule has 0 saturated carbocycles. The Morgan fingerprint density at radius 3 is 2.41 bits per heavy atom. The second-order valence-electron chi connectivity index (χ2n) is 8.40. The zero-order valence-electron chi connectivity index (χ0n) is 19.1. The smallest absolute Gasteiger partial charge is 0.258 e. The van der Waals surface area contributed by atoms with E-state index in [2.05, 4.69) is 21.8 Å². The number of anilines is 1. The molecule has 0 N–H and O–H groups in total. The molecule has 3 heterocycles. The molecule has 0 atom stereocenters. The Labute approximate surface area is 204 Å². The van der Waals surface area contributed by atoms with Crippen molar-refractivity contribution in [1.29, 1.82) is 0 Å². The summed E-state index contributed by atoms with van der Waals surface area (Å²) in [4.78, 5) is 23.8. The Hall–Kier alpha value is -2.91. The van der Waals surface area contributed by atoms with Crippen LogP contribution in [0.25, 0.3) is 5.69 Å². The molecule has 0 amide bonds. The van der Waals surface area contributed by atoms with Gasteiger partial charge >= 0.3 is 0 Å². The van der Waals surface area contributed by atoms with Crippen LogP contribution in [0.5, 0.6) is 5.75 Å². The summed E-state index contributed by atoms with van der Waals surface area (Å²) < 4.78 is 31.0. The van der Waals surface area contributed by atoms with E-state index < -0.39 is 9.84 Å². The third kappa shape index (κ3) is 5.59. The molecule has 1 aliphatic rings. The average Bonchev–Trinajstić information content (AvgIpc) is 2.80. The number of piperidine rings is 1. The quantitative estimate of drug-likeness (QED) is 0.486. The van der Waals surface area contributed by atoms with Crippen molar-refractivity contribution in [2.45, 2.75) is 43.6 Å². The fraction of sp³-hybridized carbons (Fsp3) is 0.375. The van der Waals surface area contributed by atoms with Gasteiger partial charge in [0.2, 0.25) is 5.95 Å². The number of benzene rings is 1. The number of aromatic nitrogens is 3. The SMILES string of the molecule is CCCc1cnc(N2CCC(Oc3ccn(-c4ccc(S(C)(=O)=O)c(Cl)c4)c(=O)c3)CC2)nc1. The molecule has 0 aliphatic carbocycles. The number of nitrogens with zero attached hydrogens (tertiary/aromatic N) is 4. The first-order valence-electron chi connectivity index (χ1n) is 11.2. The van der Waals surface area contributed by atoms with Gasteiger partial charge in [0.15, 0.2) is 9.84 Å². The maximum absolute atomic E-state index is 12.7. The van der Waals surface area contributed by atoms with Gasteiger partial charge in [0, 0.05) is 56.8 Å². The standard InChI is InChI=1S/C24H27ClN4O4S/c1-3-4-17-15-26-24(27-16-17)28-10-7-19(8-11-28)33-20-9-12-29(23(30)14-20)18-5-6-22(21(25)13-18)34(2,31)32/h5-6,9,12-16,19H,3-4,7-8,10-11H2,1-2H3. The Balaban J connectivity index is 1.39. The highest BCUT2D eigenvalue weighted by Gasteiger charge is 2.22. The van der Waals surface area contributed by atoms with Gasteiger partial charge < -0.3 is 9.64 Å². The van der Waals surface area contributed by atoms with Crippen molar-refractivity contribution >= 4 is 27.4 Å². The molecule has 1 saturated heterocycles. The molecule has 1 fully saturated rings. The molecule has 1 aromatic carbocycles. The zero-order valence-corrected chi connectivity index (χ0v) is 20.7. The van der Waals surface area contributed by atoms with Crippen molar-refractivity contribution in [2.75, 3.05) is 24.2 Å². The van der Waals surface area contributed by atoms with Crippen LogP contribution < -0.4 is 15.2 Å². The van der Waals surface area contributed by atoms with E-state index in [1.54, 1.807) is 18.3 Å². The van der Waals surface area contributed by atoms with E-state index in [0.717, 1.165) is 56.5 Å². The minimum Gasteiger partial charge on any atom is -0.490 e. The van der Waals surface area contributed by atoms with Gasteiger partial charge in [-0.2, -0.15) is 0 Å². The number of ether oxygens (including phenoxy) is 1. The largest absolute Gasteiger partial charge is 0.490 e. The van der Waals surface area contributed by atoms with E-state index in [1.165, 1.54) is 22.8 Å². The lowest BCUT2D eigenvalue weighted by Crippen LogP contribution is -2.39. The summed E-state index contributed by atoms with van der Waals surface area (Å²) in [7, 11) is -3.44. The van der Waals surface area contributed by atoms with Gasteiger partial charge in [-0.25, -0.2) is 18.4 Å². The first kappa shape index (κ1) is 24.2. The second-order valence-corrected chi connectivity index (χ2v) is 10.8. The highest BCUT2D eigenvalue weighted by Crippen LogP contribution is 2.25. The lowest BCUT2D eigenvalue weighted by atomic mass is 10.1. The number of aryl methyl sites for hydroxylation is 1. The molecule has 1 aliphatic heterocycles. The van der Waals surface area contributed by atoms with Crippen LogP contribution in [0.4, 0.5) is 5.95 Å². The van der Waals surface area contributed by atoms with E-state index in [9.17, 15) is 13.2 Å². The number of rotatable bonds is 7. The maximum atomic E-state index is 12.7. The first-order chi connectivity index (χ1) is 16.2. The predicted molar refractivity (Wildman–Crippen MR) is 132 cm³/mol. The minimum atomic E-state index is -3.44. The van der Waals surface area contributed by atoms with Crippen LogP contribution in [-0.4, -0.2) is 48.4 Å². The van der Waals surface area contributed by atoms with Crippen molar-refractivity contribution in [3.05, 3.63) is 69.9 Å². The Morgan fingerprint density at radius 1 is 1.12 bits per heavy atom. The van der Waals surface area contributed by atoms with Gasteiger partial charge in [-0.1, -0.05) is 24.9 Å². The monoisotopic (exact) mass is 502 g/mol. The van der Waals surface area contributed by atoms with Crippen LogP contribution in [-0.2, 0) is 16.3 Å². The third-order valence-electron chi connectivity index (χ3n) is 5.74. The van der Waals surface area contributed by atoms with Crippen LogP contribution in [0.3, 0.4) is 0 Å². The van der Waals surface area contributed by atoms with Crippen LogP contribution in [0.15, 0.2) is 58.6 Å². The van der Waals surface area contributed by atoms with Crippen LogP contribution in [0, 0.1) is 0 Å². The summed E-state index contributed by atoms with van der Waals surface area (Å²) >= 11 is 6.12. The fourth-order valence-corrected chi connectivity index (χ4v) is 5.31. The van der Waals surface area contributed by atoms with E-state index in [4.69, 9.17) is 16.3 Å². The Kier molecular flexibility index (Phi) is 7.23. The predicted octanol–water partition coefficient (Wildman–Crippen LogP) is 3.68. The molecule has 2 aromatic heterocycles. The number of hydrogen-bond acceptors (Lipinski definition) is 7. The van der Waals surface area contributed by atoms with Gasteiger partial charge in [-0.3, -0.25) is 9.36 Å². The Bertz CT molecular complexity index is 1320. The van der Waals surface area contributed by atoms with Gasteiger partial charge in [0.05, 0.1) is 15.6 Å². The van der Waals surface area contributed by atoms with Crippen molar-refractivity contribution in [3.63, 3.8) is 0 Å². The molecular formula is C24H27ClN4O4S. The number of hydrogen-bond donors (Lipinski definition) is 0. The molecule has 8 nitrogen and oxygen atoms in total. The van der Waals surface area contributed by atoms with Crippen LogP contribution >= 0.6 is 11.6 Å². The van der Waals surface area contributed by atoms with Crippen molar-refractivity contribution in [2.24, 2.45) is 0 Å². The van der Waals surface area contributed by atoms with E-state index >= 15 is 0 Å². The maximum Gasteiger partial charge on any atom is 0.258 e. The summed E-state index contributed by atoms with van der Waals surface area (Å²) in [5.41, 5.74) is 1.33. The van der Waals surface area contributed by atoms with E-state index in [0.29, 0.717) is 11.4 Å². The second kappa shape index (κ2) is 10.1. The molecule has 3 aromatic rings. The zero-order chi connectivity index (χ0) is 24.3. The molecule has 0 radical (unpaired) electrons. The summed E-state index contributed by atoms with van der Waals surface area (Å²) in [5.74, 6) is 1.24. The van der Waals surface area contributed by atoms with E-state index in [1.807, 2.05) is 12.4 Å². The first-order valence-corrected chi connectivity index (χ1v) is 13.5. The van der Waals surface area contributed by atoms with Crippen LogP contribution in [0.2, 0.25) is 5.02 Å². The molecule has 180 valence electrons. The van der Waals surface area contributed by atoms with Crippen molar-refractivity contribution in [1.82, 2.24) is 14.5 Å². The van der Waals surface area contributed by atoms with Gasteiger partial charge in [-0.15, -0.1) is 0 Å². The molecule has 0 spiro atoms. The molecule has 34 heavy (non-hydrogen) atoms. The summed E-state index contributed by atoms with van der Waals surface area (Å²) in [6.45, 7) is 3.69.